The van der Waals surface area contributed by atoms with Crippen molar-refractivity contribution in [1.29, 1.82) is 0 Å². The summed E-state index contributed by atoms with van der Waals surface area (Å²) < 4.78 is 18.8. The molecule has 0 N–H and O–H groups in total. The molecule has 0 radical (unpaired) electrons. The third-order valence-corrected chi connectivity index (χ3v) is 4.84. The molecule has 0 spiro atoms. The maximum Gasteiger partial charge on any atom is 0.266 e. The number of likely N-dealkylation sites (N-methyl/N-ethyl adjacent to an activating group) is 1. The molecule has 150 valence electrons. The standard InChI is InChI=1S/C20H30FN3O3/c1-5-23(6-2)18(25)15-22-11-13-24(14-12-22)19(26)20(3,4)27-17-9-7-16(21)8-10-17/h7-10H,5-6,11-15H2,1-4H3. The molecule has 2 rings (SSSR count). The molecule has 6 nitrogen and oxygen atoms in total. The third-order valence-electron chi connectivity index (χ3n) is 4.84. The summed E-state index contributed by atoms with van der Waals surface area (Å²) in [5.41, 5.74) is -1.04. The van der Waals surface area contributed by atoms with Crippen LogP contribution in [0.5, 0.6) is 5.75 Å². The van der Waals surface area contributed by atoms with Crippen LogP contribution in [0.25, 0.3) is 0 Å². The molecule has 1 saturated heterocycles. The van der Waals surface area contributed by atoms with E-state index in [4.69, 9.17) is 4.74 Å². The van der Waals surface area contributed by atoms with Gasteiger partial charge in [0, 0.05) is 39.3 Å². The van der Waals surface area contributed by atoms with Crippen LogP contribution < -0.4 is 4.74 Å². The van der Waals surface area contributed by atoms with E-state index in [0.717, 1.165) is 0 Å². The fraction of sp³-hybridized carbons (Fsp3) is 0.600. The van der Waals surface area contributed by atoms with Gasteiger partial charge in [0.2, 0.25) is 5.91 Å². The van der Waals surface area contributed by atoms with E-state index < -0.39 is 5.60 Å². The number of carbonyl (C=O) groups is 2. The summed E-state index contributed by atoms with van der Waals surface area (Å²) in [6.07, 6.45) is 0. The van der Waals surface area contributed by atoms with Crippen LogP contribution in [0.3, 0.4) is 0 Å². The molecule has 0 aromatic heterocycles. The van der Waals surface area contributed by atoms with E-state index in [9.17, 15) is 14.0 Å². The molecule has 1 fully saturated rings. The van der Waals surface area contributed by atoms with E-state index >= 15 is 0 Å². The Morgan fingerprint density at radius 1 is 1.07 bits per heavy atom. The summed E-state index contributed by atoms with van der Waals surface area (Å²) in [5, 5.41) is 0. The van der Waals surface area contributed by atoms with Crippen LogP contribution in [0.1, 0.15) is 27.7 Å². The number of hydrogen-bond donors (Lipinski definition) is 0. The van der Waals surface area contributed by atoms with Gasteiger partial charge in [-0.2, -0.15) is 0 Å². The van der Waals surface area contributed by atoms with Crippen molar-refractivity contribution in [3.8, 4) is 5.75 Å². The Hall–Kier alpha value is -2.15. The van der Waals surface area contributed by atoms with Crippen LogP contribution in [-0.2, 0) is 9.59 Å². The van der Waals surface area contributed by atoms with Crippen LogP contribution in [0.2, 0.25) is 0 Å². The molecule has 7 heteroatoms. The van der Waals surface area contributed by atoms with Gasteiger partial charge in [0.1, 0.15) is 11.6 Å². The second-order valence-corrected chi connectivity index (χ2v) is 7.20. The lowest BCUT2D eigenvalue weighted by Crippen LogP contribution is -2.56. The van der Waals surface area contributed by atoms with Crippen LogP contribution in [0, 0.1) is 5.82 Å². The number of rotatable bonds is 7. The van der Waals surface area contributed by atoms with Gasteiger partial charge in [-0.05, 0) is 52.0 Å². The highest BCUT2D eigenvalue weighted by Gasteiger charge is 2.36. The molecule has 0 aliphatic carbocycles. The number of amides is 2. The SMILES string of the molecule is CCN(CC)C(=O)CN1CCN(C(=O)C(C)(C)Oc2ccc(F)cc2)CC1. The summed E-state index contributed by atoms with van der Waals surface area (Å²) in [7, 11) is 0. The van der Waals surface area contributed by atoms with Crippen LogP contribution >= 0.6 is 0 Å². The number of halogens is 1. The number of carbonyl (C=O) groups excluding carboxylic acids is 2. The summed E-state index contributed by atoms with van der Waals surface area (Å²) in [4.78, 5) is 30.8. The normalized spacial score (nSPS) is 15.5. The quantitative estimate of drug-likeness (QED) is 0.727. The van der Waals surface area contributed by atoms with Gasteiger partial charge in [0.05, 0.1) is 6.54 Å². The Balaban J connectivity index is 1.87. The predicted molar refractivity (Wildman–Crippen MR) is 102 cm³/mol. The highest BCUT2D eigenvalue weighted by molar-refractivity contribution is 5.85. The maximum atomic E-state index is 13.0. The van der Waals surface area contributed by atoms with E-state index in [2.05, 4.69) is 4.90 Å². The van der Waals surface area contributed by atoms with Crippen molar-refractivity contribution in [2.24, 2.45) is 0 Å². The molecule has 27 heavy (non-hydrogen) atoms. The molecule has 2 amide bonds. The zero-order valence-corrected chi connectivity index (χ0v) is 16.7. The lowest BCUT2D eigenvalue weighted by molar-refractivity contribution is -0.147. The minimum absolute atomic E-state index is 0.110. The summed E-state index contributed by atoms with van der Waals surface area (Å²) in [5.74, 6) is 0.126. The van der Waals surface area contributed by atoms with Crippen molar-refractivity contribution in [3.63, 3.8) is 0 Å². The average Bonchev–Trinajstić information content (AvgIpc) is 2.64. The molecular weight excluding hydrogens is 349 g/mol. The van der Waals surface area contributed by atoms with Gasteiger partial charge >= 0.3 is 0 Å². The Kier molecular flexibility index (Phi) is 7.18. The molecule has 1 aliphatic heterocycles. The van der Waals surface area contributed by atoms with Gasteiger partial charge in [-0.25, -0.2) is 4.39 Å². The number of benzene rings is 1. The van der Waals surface area contributed by atoms with Crippen LogP contribution in [-0.4, -0.2) is 77.9 Å². The van der Waals surface area contributed by atoms with Gasteiger partial charge in [-0.15, -0.1) is 0 Å². The van der Waals surface area contributed by atoms with Gasteiger partial charge in [0.25, 0.3) is 5.91 Å². The first-order chi connectivity index (χ1) is 12.8. The van der Waals surface area contributed by atoms with Gasteiger partial charge in [-0.1, -0.05) is 0 Å². The molecule has 1 heterocycles. The minimum atomic E-state index is -1.04. The first-order valence-corrected chi connectivity index (χ1v) is 9.51. The third kappa shape index (κ3) is 5.66. The van der Waals surface area contributed by atoms with Crippen molar-refractivity contribution >= 4 is 11.8 Å². The van der Waals surface area contributed by atoms with Gasteiger partial charge in [-0.3, -0.25) is 14.5 Å². The van der Waals surface area contributed by atoms with E-state index in [1.807, 2.05) is 18.7 Å². The van der Waals surface area contributed by atoms with Crippen molar-refractivity contribution in [2.75, 3.05) is 45.8 Å². The Morgan fingerprint density at radius 2 is 1.63 bits per heavy atom. The second kappa shape index (κ2) is 9.17. The van der Waals surface area contributed by atoms with Crippen LogP contribution in [0.15, 0.2) is 24.3 Å². The van der Waals surface area contributed by atoms with Crippen LogP contribution in [0.4, 0.5) is 4.39 Å². The summed E-state index contributed by atoms with van der Waals surface area (Å²) in [6.45, 7) is 11.6. The predicted octanol–water partition coefficient (Wildman–Crippen LogP) is 2.00. The first kappa shape index (κ1) is 21.2. The molecule has 0 atom stereocenters. The second-order valence-electron chi connectivity index (χ2n) is 7.20. The number of nitrogens with zero attached hydrogens (tertiary/aromatic N) is 3. The van der Waals surface area contributed by atoms with Crippen molar-refractivity contribution < 1.29 is 18.7 Å². The highest BCUT2D eigenvalue weighted by atomic mass is 19.1. The first-order valence-electron chi connectivity index (χ1n) is 9.51. The lowest BCUT2D eigenvalue weighted by Gasteiger charge is -2.38. The highest BCUT2D eigenvalue weighted by Crippen LogP contribution is 2.21. The fourth-order valence-electron chi connectivity index (χ4n) is 3.20. The summed E-state index contributed by atoms with van der Waals surface area (Å²) >= 11 is 0. The lowest BCUT2D eigenvalue weighted by atomic mass is 10.1. The van der Waals surface area contributed by atoms with E-state index in [1.165, 1.54) is 24.3 Å². The van der Waals surface area contributed by atoms with E-state index in [0.29, 0.717) is 51.6 Å². The number of piperazine rings is 1. The topological polar surface area (TPSA) is 53.1 Å². The largest absolute Gasteiger partial charge is 0.478 e. The molecule has 1 aliphatic rings. The Bertz CT molecular complexity index is 636. The van der Waals surface area contributed by atoms with Crippen molar-refractivity contribution in [2.45, 2.75) is 33.3 Å². The summed E-state index contributed by atoms with van der Waals surface area (Å²) in [6, 6.07) is 5.64. The Labute approximate surface area is 160 Å². The van der Waals surface area contributed by atoms with Crippen molar-refractivity contribution in [1.82, 2.24) is 14.7 Å². The smallest absolute Gasteiger partial charge is 0.266 e. The van der Waals surface area contributed by atoms with E-state index in [1.54, 1.807) is 18.7 Å². The van der Waals surface area contributed by atoms with E-state index in [-0.39, 0.29) is 17.6 Å². The molecule has 0 bridgehead atoms. The number of ether oxygens (including phenoxy) is 1. The zero-order chi connectivity index (χ0) is 20.0. The molecule has 0 unspecified atom stereocenters. The van der Waals surface area contributed by atoms with Crippen molar-refractivity contribution in [3.05, 3.63) is 30.1 Å². The number of hydrogen-bond acceptors (Lipinski definition) is 4. The molecule has 0 saturated carbocycles. The van der Waals surface area contributed by atoms with Gasteiger partial charge < -0.3 is 14.5 Å². The Morgan fingerprint density at radius 3 is 2.15 bits per heavy atom. The fourth-order valence-corrected chi connectivity index (χ4v) is 3.20. The monoisotopic (exact) mass is 379 g/mol. The average molecular weight is 379 g/mol. The maximum absolute atomic E-state index is 13.0. The zero-order valence-electron chi connectivity index (χ0n) is 16.7. The molecule has 1 aromatic carbocycles. The van der Waals surface area contributed by atoms with Gasteiger partial charge in [0.15, 0.2) is 5.60 Å². The molecular formula is C20H30FN3O3. The minimum Gasteiger partial charge on any atom is -0.478 e. The molecule has 1 aromatic rings.